The fraction of sp³-hybridized carbons (Fsp3) is 0.407. The van der Waals surface area contributed by atoms with Gasteiger partial charge in [0.15, 0.2) is 5.82 Å². The predicted molar refractivity (Wildman–Crippen MR) is 140 cm³/mol. The van der Waals surface area contributed by atoms with Crippen molar-refractivity contribution in [3.8, 4) is 17.0 Å². The molecule has 3 aromatic rings. The fourth-order valence-electron chi connectivity index (χ4n) is 5.93. The number of rotatable bonds is 5. The van der Waals surface area contributed by atoms with Crippen molar-refractivity contribution in [1.82, 2.24) is 20.4 Å². The molecule has 8 nitrogen and oxygen atoms in total. The van der Waals surface area contributed by atoms with Crippen LogP contribution in [0.25, 0.3) is 11.3 Å². The van der Waals surface area contributed by atoms with Crippen molar-refractivity contribution in [2.45, 2.75) is 31.5 Å². The van der Waals surface area contributed by atoms with Crippen LogP contribution in [0.5, 0.6) is 5.75 Å². The van der Waals surface area contributed by atoms with Crippen LogP contribution >= 0.6 is 0 Å². The maximum absolute atomic E-state index is 10.3. The van der Waals surface area contributed by atoms with E-state index in [1.165, 1.54) is 24.1 Å². The number of fused-ring (bicyclic) bond motifs is 2. The Balaban J connectivity index is 1.22. The third-order valence-corrected chi connectivity index (χ3v) is 7.63. The quantitative estimate of drug-likeness (QED) is 0.523. The Morgan fingerprint density at radius 3 is 2.49 bits per heavy atom. The molecule has 1 aromatic heterocycles. The highest BCUT2D eigenvalue weighted by Gasteiger charge is 2.40. The molecule has 0 spiro atoms. The van der Waals surface area contributed by atoms with Crippen LogP contribution in [-0.2, 0) is 6.54 Å². The van der Waals surface area contributed by atoms with Gasteiger partial charge in [-0.1, -0.05) is 24.3 Å². The van der Waals surface area contributed by atoms with E-state index in [1.54, 1.807) is 12.1 Å². The van der Waals surface area contributed by atoms with Crippen molar-refractivity contribution in [2.24, 2.45) is 0 Å². The van der Waals surface area contributed by atoms with E-state index in [1.807, 2.05) is 18.2 Å². The summed E-state index contributed by atoms with van der Waals surface area (Å²) in [7, 11) is 0. The Morgan fingerprint density at radius 2 is 1.71 bits per heavy atom. The predicted octanol–water partition coefficient (Wildman–Crippen LogP) is 2.69. The Bertz CT molecular complexity index is 1180. The highest BCUT2D eigenvalue weighted by molar-refractivity contribution is 5.74. The second-order valence-electron chi connectivity index (χ2n) is 9.91. The van der Waals surface area contributed by atoms with Gasteiger partial charge in [-0.15, -0.1) is 10.2 Å². The lowest BCUT2D eigenvalue weighted by Crippen LogP contribution is -2.54. The first-order valence-electron chi connectivity index (χ1n) is 12.6. The second kappa shape index (κ2) is 9.36. The highest BCUT2D eigenvalue weighted by atomic mass is 16.3. The molecule has 3 fully saturated rings. The SMILES string of the molecule is Nc1nnc(-c2ccccc2O)cc1N1CC2CCC(C1)N2c1cccc(CN2CCNCC2)c1. The molecule has 0 amide bonds. The third kappa shape index (κ3) is 4.39. The molecule has 0 radical (unpaired) electrons. The number of phenols is 1. The van der Waals surface area contributed by atoms with Gasteiger partial charge in [0, 0.05) is 69.1 Å². The smallest absolute Gasteiger partial charge is 0.169 e. The molecule has 0 aliphatic carbocycles. The average molecular weight is 472 g/mol. The van der Waals surface area contributed by atoms with Gasteiger partial charge in [0.1, 0.15) is 5.75 Å². The Kier molecular flexibility index (Phi) is 5.91. The summed E-state index contributed by atoms with van der Waals surface area (Å²) in [6, 6.07) is 19.2. The minimum absolute atomic E-state index is 0.197. The van der Waals surface area contributed by atoms with E-state index in [-0.39, 0.29) is 5.75 Å². The molecule has 35 heavy (non-hydrogen) atoms. The molecule has 182 valence electrons. The van der Waals surface area contributed by atoms with Gasteiger partial charge in [-0.3, -0.25) is 4.90 Å². The van der Waals surface area contributed by atoms with Gasteiger partial charge in [0.2, 0.25) is 0 Å². The number of aromatic nitrogens is 2. The summed E-state index contributed by atoms with van der Waals surface area (Å²) in [5, 5.41) is 22.2. The highest BCUT2D eigenvalue weighted by Crippen LogP contribution is 2.39. The van der Waals surface area contributed by atoms with E-state index in [9.17, 15) is 5.11 Å². The lowest BCUT2D eigenvalue weighted by Gasteiger charge is -2.43. The zero-order valence-corrected chi connectivity index (χ0v) is 20.0. The van der Waals surface area contributed by atoms with E-state index in [0.29, 0.717) is 29.2 Å². The van der Waals surface area contributed by atoms with Crippen LogP contribution in [0.4, 0.5) is 17.2 Å². The van der Waals surface area contributed by atoms with E-state index in [2.05, 4.69) is 54.5 Å². The molecule has 2 aromatic carbocycles. The number of para-hydroxylation sites is 1. The third-order valence-electron chi connectivity index (χ3n) is 7.63. The van der Waals surface area contributed by atoms with Gasteiger partial charge in [-0.25, -0.2) is 0 Å². The number of nitrogens with zero attached hydrogens (tertiary/aromatic N) is 5. The number of nitrogen functional groups attached to an aromatic ring is 1. The van der Waals surface area contributed by atoms with Crippen molar-refractivity contribution >= 4 is 17.2 Å². The first-order chi connectivity index (χ1) is 17.2. The molecular formula is C27H33N7O. The van der Waals surface area contributed by atoms with Crippen LogP contribution < -0.4 is 20.9 Å². The Morgan fingerprint density at radius 1 is 0.943 bits per heavy atom. The number of anilines is 3. The van der Waals surface area contributed by atoms with E-state index >= 15 is 0 Å². The molecule has 8 heteroatoms. The Labute approximate surface area is 206 Å². The number of nitrogens with one attached hydrogen (secondary N) is 1. The van der Waals surface area contributed by atoms with Crippen LogP contribution in [0.2, 0.25) is 0 Å². The normalized spacial score (nSPS) is 22.5. The van der Waals surface area contributed by atoms with Gasteiger partial charge in [0.05, 0.1) is 11.4 Å². The van der Waals surface area contributed by atoms with Gasteiger partial charge >= 0.3 is 0 Å². The molecule has 6 rings (SSSR count). The number of aromatic hydroxyl groups is 1. The number of hydrogen-bond acceptors (Lipinski definition) is 8. The van der Waals surface area contributed by atoms with Gasteiger partial charge < -0.3 is 26.0 Å². The van der Waals surface area contributed by atoms with Crippen molar-refractivity contribution < 1.29 is 5.11 Å². The molecular weight excluding hydrogens is 438 g/mol. The van der Waals surface area contributed by atoms with Crippen LogP contribution in [0.1, 0.15) is 18.4 Å². The summed E-state index contributed by atoms with van der Waals surface area (Å²) in [5.41, 5.74) is 11.2. The summed E-state index contributed by atoms with van der Waals surface area (Å²) >= 11 is 0. The largest absolute Gasteiger partial charge is 0.507 e. The van der Waals surface area contributed by atoms with Gasteiger partial charge in [-0.05, 0) is 48.7 Å². The fourth-order valence-corrected chi connectivity index (χ4v) is 5.93. The summed E-state index contributed by atoms with van der Waals surface area (Å²) in [4.78, 5) is 7.52. The van der Waals surface area contributed by atoms with Crippen LogP contribution in [0.15, 0.2) is 54.6 Å². The van der Waals surface area contributed by atoms with Crippen molar-refractivity contribution in [1.29, 1.82) is 0 Å². The number of phenolic OH excluding ortho intramolecular Hbond substituents is 1. The molecule has 4 N–H and O–H groups in total. The van der Waals surface area contributed by atoms with Gasteiger partial charge in [0.25, 0.3) is 0 Å². The van der Waals surface area contributed by atoms with Crippen LogP contribution in [0, 0.1) is 0 Å². The van der Waals surface area contributed by atoms with E-state index in [4.69, 9.17) is 5.73 Å². The van der Waals surface area contributed by atoms with Crippen LogP contribution in [0.3, 0.4) is 0 Å². The number of nitrogens with two attached hydrogens (primary N) is 1. The zero-order chi connectivity index (χ0) is 23.8. The molecule has 2 bridgehead atoms. The molecule has 3 saturated heterocycles. The molecule has 3 aliphatic heterocycles. The maximum Gasteiger partial charge on any atom is 0.169 e. The first kappa shape index (κ1) is 22.1. The average Bonchev–Trinajstić information content (AvgIpc) is 3.15. The lowest BCUT2D eigenvalue weighted by atomic mass is 10.1. The Hall–Kier alpha value is -3.36. The number of benzene rings is 2. The number of hydrogen-bond donors (Lipinski definition) is 3. The number of piperazine rings is 2. The lowest BCUT2D eigenvalue weighted by molar-refractivity contribution is 0.233. The molecule has 2 atom stereocenters. The topological polar surface area (TPSA) is 93.8 Å². The summed E-state index contributed by atoms with van der Waals surface area (Å²) < 4.78 is 0. The molecule has 0 saturated carbocycles. The van der Waals surface area contributed by atoms with Gasteiger partial charge in [-0.2, -0.15) is 0 Å². The molecule has 4 heterocycles. The summed E-state index contributed by atoms with van der Waals surface area (Å²) in [6.07, 6.45) is 2.35. The second-order valence-corrected chi connectivity index (χ2v) is 9.91. The van der Waals surface area contributed by atoms with Crippen LogP contribution in [-0.4, -0.2) is 71.6 Å². The minimum atomic E-state index is 0.197. The summed E-state index contributed by atoms with van der Waals surface area (Å²) in [6.45, 7) is 7.17. The monoisotopic (exact) mass is 471 g/mol. The standard InChI is InChI=1S/C27H33N7O/c28-27-25(15-24(30-31-27)23-6-1-2-7-26(23)35)33-17-21-8-9-22(18-33)34(21)20-5-3-4-19(14-20)16-32-12-10-29-11-13-32/h1-7,14-15,21-22,29,35H,8-13,16-18H2,(H2,28,31). The van der Waals surface area contributed by atoms with E-state index in [0.717, 1.165) is 51.5 Å². The van der Waals surface area contributed by atoms with Crippen molar-refractivity contribution in [2.75, 3.05) is 54.8 Å². The molecule has 3 aliphatic rings. The van der Waals surface area contributed by atoms with Crippen molar-refractivity contribution in [3.63, 3.8) is 0 Å². The van der Waals surface area contributed by atoms with Crippen molar-refractivity contribution in [3.05, 3.63) is 60.2 Å². The summed E-state index contributed by atoms with van der Waals surface area (Å²) in [5.74, 6) is 0.637. The maximum atomic E-state index is 10.3. The first-order valence-corrected chi connectivity index (χ1v) is 12.6. The minimum Gasteiger partial charge on any atom is -0.507 e. The molecule has 2 unspecified atom stereocenters. The zero-order valence-electron chi connectivity index (χ0n) is 20.0. The van der Waals surface area contributed by atoms with E-state index < -0.39 is 0 Å².